The second-order valence-corrected chi connectivity index (χ2v) is 9.31. The van der Waals surface area contributed by atoms with Gasteiger partial charge in [-0.2, -0.15) is 5.26 Å². The third kappa shape index (κ3) is 2.78. The third-order valence-corrected chi connectivity index (χ3v) is 7.01. The number of hydrogen-bond acceptors (Lipinski definition) is 6. The van der Waals surface area contributed by atoms with Gasteiger partial charge in [-0.05, 0) is 41.6 Å². The summed E-state index contributed by atoms with van der Waals surface area (Å²) in [5, 5.41) is 17.6. The lowest BCUT2D eigenvalue weighted by molar-refractivity contribution is -0.119. The molecule has 2 aliphatic heterocycles. The summed E-state index contributed by atoms with van der Waals surface area (Å²) in [5.74, 6) is -1.59. The Balaban J connectivity index is 1.99. The fourth-order valence-electron chi connectivity index (χ4n) is 3.83. The molecule has 144 valence electrons. The molecule has 2 aliphatic rings. The lowest BCUT2D eigenvalue weighted by Crippen LogP contribution is -2.50. The van der Waals surface area contributed by atoms with Crippen molar-refractivity contribution in [3.8, 4) is 6.07 Å². The zero-order valence-electron chi connectivity index (χ0n) is 14.6. The standard InChI is InChI=1S/C20H12Br2N4O2S/c21-12-5-1-10(2-6-12)16(27)15-14(9-23)17(24)26-19(25)29-18(28)20(15,26)11-3-7-13(22)8-4-11/h1-8,15,25H,24H2. The SMILES string of the molecule is N#CC1=C(N)N2C(=N)SC(=O)C2(c2ccc(Br)cc2)C1C(=O)c1ccc(Br)cc1. The number of nitrogens with two attached hydrogens (primary N) is 1. The second kappa shape index (κ2) is 7.13. The summed E-state index contributed by atoms with van der Waals surface area (Å²) in [6.45, 7) is 0. The van der Waals surface area contributed by atoms with Crippen molar-refractivity contribution in [2.75, 3.05) is 0 Å². The molecule has 2 aromatic carbocycles. The summed E-state index contributed by atoms with van der Waals surface area (Å²) < 4.78 is 1.60. The summed E-state index contributed by atoms with van der Waals surface area (Å²) in [7, 11) is 0. The zero-order chi connectivity index (χ0) is 20.9. The minimum Gasteiger partial charge on any atom is -0.384 e. The van der Waals surface area contributed by atoms with E-state index < -0.39 is 22.4 Å². The molecular weight excluding hydrogens is 520 g/mol. The average molecular weight is 532 g/mol. The van der Waals surface area contributed by atoms with Crippen LogP contribution >= 0.6 is 43.6 Å². The normalized spacial score (nSPS) is 23.3. The van der Waals surface area contributed by atoms with Gasteiger partial charge in [-0.3, -0.25) is 19.9 Å². The molecule has 0 amide bonds. The van der Waals surface area contributed by atoms with Crippen LogP contribution in [0.15, 0.2) is 68.9 Å². The molecule has 2 atom stereocenters. The highest BCUT2D eigenvalue weighted by atomic mass is 79.9. The number of nitriles is 1. The third-order valence-electron chi connectivity index (χ3n) is 5.08. The van der Waals surface area contributed by atoms with Crippen molar-refractivity contribution >= 4 is 59.7 Å². The van der Waals surface area contributed by atoms with Gasteiger partial charge in [0, 0.05) is 14.5 Å². The molecule has 0 radical (unpaired) electrons. The Morgan fingerprint density at radius 2 is 1.69 bits per heavy atom. The molecule has 1 fully saturated rings. The first kappa shape index (κ1) is 19.9. The van der Waals surface area contributed by atoms with Gasteiger partial charge in [-0.25, -0.2) is 0 Å². The van der Waals surface area contributed by atoms with Gasteiger partial charge < -0.3 is 5.73 Å². The molecule has 6 nitrogen and oxygen atoms in total. The predicted molar refractivity (Wildman–Crippen MR) is 117 cm³/mol. The summed E-state index contributed by atoms with van der Waals surface area (Å²) in [5.41, 5.74) is 5.51. The Labute approximate surface area is 187 Å². The van der Waals surface area contributed by atoms with Gasteiger partial charge in [-0.15, -0.1) is 0 Å². The number of fused-ring (bicyclic) bond motifs is 1. The number of amidine groups is 1. The number of hydrogen-bond donors (Lipinski definition) is 2. The Bertz CT molecular complexity index is 1140. The first-order valence-corrected chi connectivity index (χ1v) is 10.8. The lowest BCUT2D eigenvalue weighted by Gasteiger charge is -2.35. The number of carbonyl (C=O) groups is 2. The number of halogens is 2. The van der Waals surface area contributed by atoms with Crippen molar-refractivity contribution in [1.82, 2.24) is 4.90 Å². The van der Waals surface area contributed by atoms with Crippen molar-refractivity contribution < 1.29 is 9.59 Å². The number of benzene rings is 2. The highest BCUT2D eigenvalue weighted by Gasteiger charge is 2.66. The van der Waals surface area contributed by atoms with Crippen LogP contribution in [0.2, 0.25) is 0 Å². The van der Waals surface area contributed by atoms with Crippen molar-refractivity contribution in [2.45, 2.75) is 5.54 Å². The van der Waals surface area contributed by atoms with E-state index in [0.717, 1.165) is 20.7 Å². The number of Topliss-reactive ketones (excluding diaryl/α,β-unsaturated/α-hetero) is 1. The monoisotopic (exact) mass is 530 g/mol. The number of carbonyl (C=O) groups excluding carboxylic acids is 2. The minimum atomic E-state index is -1.57. The van der Waals surface area contributed by atoms with E-state index in [1.54, 1.807) is 48.5 Å². The lowest BCUT2D eigenvalue weighted by atomic mass is 9.73. The number of nitrogens with one attached hydrogen (secondary N) is 1. The Morgan fingerprint density at radius 1 is 1.14 bits per heavy atom. The van der Waals surface area contributed by atoms with Crippen LogP contribution in [0.3, 0.4) is 0 Å². The number of ketones is 1. The van der Waals surface area contributed by atoms with E-state index in [2.05, 4.69) is 31.9 Å². The van der Waals surface area contributed by atoms with Crippen molar-refractivity contribution in [2.24, 2.45) is 11.7 Å². The van der Waals surface area contributed by atoms with E-state index in [9.17, 15) is 14.9 Å². The topological polar surface area (TPSA) is 111 Å². The van der Waals surface area contributed by atoms with E-state index in [1.165, 1.54) is 4.90 Å². The zero-order valence-corrected chi connectivity index (χ0v) is 18.6. The molecule has 0 saturated carbocycles. The maximum absolute atomic E-state index is 13.6. The molecule has 1 saturated heterocycles. The van der Waals surface area contributed by atoms with Gasteiger partial charge in [0.25, 0.3) is 0 Å². The highest BCUT2D eigenvalue weighted by molar-refractivity contribution is 9.10. The van der Waals surface area contributed by atoms with Crippen molar-refractivity contribution in [3.05, 3.63) is 80.0 Å². The summed E-state index contributed by atoms with van der Waals surface area (Å²) >= 11 is 7.43. The molecule has 4 rings (SSSR count). The minimum absolute atomic E-state index is 0.000706. The second-order valence-electron chi connectivity index (χ2n) is 6.52. The molecule has 2 heterocycles. The highest BCUT2D eigenvalue weighted by Crippen LogP contribution is 2.56. The van der Waals surface area contributed by atoms with E-state index in [4.69, 9.17) is 11.1 Å². The number of thioether (sulfide) groups is 1. The Morgan fingerprint density at radius 3 is 2.24 bits per heavy atom. The van der Waals surface area contributed by atoms with E-state index in [-0.39, 0.29) is 16.6 Å². The van der Waals surface area contributed by atoms with E-state index in [0.29, 0.717) is 11.1 Å². The van der Waals surface area contributed by atoms with Crippen molar-refractivity contribution in [1.29, 1.82) is 10.7 Å². The van der Waals surface area contributed by atoms with E-state index in [1.807, 2.05) is 6.07 Å². The fourth-order valence-corrected chi connectivity index (χ4v) is 5.35. The van der Waals surface area contributed by atoms with Crippen LogP contribution in [0.1, 0.15) is 15.9 Å². The molecule has 0 bridgehead atoms. The predicted octanol–water partition coefficient (Wildman–Crippen LogP) is 4.12. The summed E-state index contributed by atoms with van der Waals surface area (Å²) in [6.07, 6.45) is 0. The van der Waals surface area contributed by atoms with Crippen LogP contribution in [0.4, 0.5) is 0 Å². The molecule has 0 aliphatic carbocycles. The first-order chi connectivity index (χ1) is 13.8. The van der Waals surface area contributed by atoms with Gasteiger partial charge in [0.05, 0.1) is 17.6 Å². The quantitative estimate of drug-likeness (QED) is 0.576. The average Bonchev–Trinajstić information content (AvgIpc) is 3.12. The van der Waals surface area contributed by atoms with Crippen LogP contribution in [0, 0.1) is 22.7 Å². The smallest absolute Gasteiger partial charge is 0.228 e. The summed E-state index contributed by atoms with van der Waals surface area (Å²) in [6, 6.07) is 15.7. The molecule has 3 N–H and O–H groups in total. The summed E-state index contributed by atoms with van der Waals surface area (Å²) in [4.78, 5) is 28.2. The Hall–Kier alpha value is -2.41. The number of nitrogens with zero attached hydrogens (tertiary/aromatic N) is 2. The van der Waals surface area contributed by atoms with Gasteiger partial charge in [0.15, 0.2) is 16.5 Å². The van der Waals surface area contributed by atoms with Gasteiger partial charge in [-0.1, -0.05) is 56.1 Å². The van der Waals surface area contributed by atoms with Crippen LogP contribution in [0.25, 0.3) is 0 Å². The van der Waals surface area contributed by atoms with Gasteiger partial charge in [0.1, 0.15) is 5.82 Å². The van der Waals surface area contributed by atoms with E-state index >= 15 is 0 Å². The van der Waals surface area contributed by atoms with Crippen molar-refractivity contribution in [3.63, 3.8) is 0 Å². The molecular formula is C20H12Br2N4O2S. The van der Waals surface area contributed by atoms with Crippen LogP contribution in [0.5, 0.6) is 0 Å². The molecule has 0 spiro atoms. The molecule has 0 aromatic heterocycles. The Kier molecular flexibility index (Phi) is 4.89. The van der Waals surface area contributed by atoms with Crippen LogP contribution in [-0.4, -0.2) is 21.0 Å². The first-order valence-electron chi connectivity index (χ1n) is 8.39. The molecule has 9 heteroatoms. The number of rotatable bonds is 3. The maximum Gasteiger partial charge on any atom is 0.228 e. The maximum atomic E-state index is 13.6. The van der Waals surface area contributed by atoms with Gasteiger partial charge >= 0.3 is 0 Å². The molecule has 29 heavy (non-hydrogen) atoms. The molecule has 2 unspecified atom stereocenters. The van der Waals surface area contributed by atoms with Crippen LogP contribution < -0.4 is 5.73 Å². The fraction of sp³-hybridized carbons (Fsp3) is 0.100. The molecule has 2 aromatic rings. The van der Waals surface area contributed by atoms with Gasteiger partial charge in [0.2, 0.25) is 5.12 Å². The largest absolute Gasteiger partial charge is 0.384 e. The van der Waals surface area contributed by atoms with Crippen LogP contribution in [-0.2, 0) is 10.3 Å².